The maximum atomic E-state index is 15.7. The molecule has 2 fully saturated rings. The fourth-order valence-corrected chi connectivity index (χ4v) is 6.53. The first-order chi connectivity index (χ1) is 23.7. The van der Waals surface area contributed by atoms with Crippen LogP contribution in [-0.2, 0) is 26.2 Å². The number of piperazine rings is 1. The molecule has 2 aromatic rings. The number of hydrogen-bond acceptors (Lipinski definition) is 7. The van der Waals surface area contributed by atoms with Gasteiger partial charge in [0.2, 0.25) is 17.7 Å². The van der Waals surface area contributed by atoms with Crippen molar-refractivity contribution < 1.29 is 37.1 Å². The summed E-state index contributed by atoms with van der Waals surface area (Å²) < 4.78 is 49.2. The summed E-state index contributed by atoms with van der Waals surface area (Å²) >= 11 is 0. The third kappa shape index (κ3) is 8.91. The third-order valence-electron chi connectivity index (χ3n) is 9.74. The minimum absolute atomic E-state index is 0.0832. The molecule has 5 atom stereocenters. The summed E-state index contributed by atoms with van der Waals surface area (Å²) in [5.74, 6) is -4.55. The molecule has 0 spiro atoms. The number of methoxy groups -OCH3 is 1. The molecule has 4 rings (SSSR count). The summed E-state index contributed by atoms with van der Waals surface area (Å²) in [6.45, 7) is 4.97. The number of ether oxygens (including phenoxy) is 1. The number of carbonyl (C=O) groups excluding carboxylic acids is 4. The van der Waals surface area contributed by atoms with Crippen molar-refractivity contribution in [1.29, 1.82) is 5.26 Å². The lowest BCUT2D eigenvalue weighted by Crippen LogP contribution is -2.58. The number of amides is 4. The first-order valence-electron chi connectivity index (χ1n) is 16.5. The molecule has 2 aliphatic rings. The number of likely N-dealkylation sites (N-methyl/N-ethyl adjacent to an activating group) is 1. The number of hydrogen-bond donors (Lipinski definition) is 3. The van der Waals surface area contributed by atoms with E-state index in [9.17, 15) is 33.2 Å². The normalized spacial score (nSPS) is 19.9. The van der Waals surface area contributed by atoms with Gasteiger partial charge in [0.15, 0.2) is 0 Å². The molecule has 1 aromatic heterocycles. The van der Waals surface area contributed by atoms with Crippen LogP contribution >= 0.6 is 0 Å². The second kappa shape index (κ2) is 16.8. The average Bonchev–Trinajstić information content (AvgIpc) is 3.47. The molecule has 1 aliphatic heterocycles. The molecule has 2 unspecified atom stereocenters. The Morgan fingerprint density at radius 3 is 2.46 bits per heavy atom. The standard InChI is InChI=1S/C35H44F3N7O5/c1-20-18-45(14-13-43(20)3)35(49)30(41-29(46)19-50-5)21(2)22-9-11-27(26(36)16-22)40-34(48)31(23-7-6-8-24(15-23)32(37)38)42-33(47)28-12-10-25(17-39)44(28)4/h9-12,16,20-21,23,30-31H,6-8,13-15,18-19H2,1-5H3,(H,40,48)(H,41,46)(H,42,47)/t20-,21+,23?,30-,31?/m1/s1. The smallest absolute Gasteiger partial charge is 0.269 e. The van der Waals surface area contributed by atoms with Gasteiger partial charge in [-0.1, -0.05) is 13.0 Å². The highest BCUT2D eigenvalue weighted by Crippen LogP contribution is 2.34. The molecular weight excluding hydrogens is 655 g/mol. The lowest BCUT2D eigenvalue weighted by molar-refractivity contribution is -0.140. The highest BCUT2D eigenvalue weighted by molar-refractivity contribution is 6.01. The van der Waals surface area contributed by atoms with Crippen molar-refractivity contribution >= 4 is 29.3 Å². The first-order valence-corrected chi connectivity index (χ1v) is 16.5. The molecule has 0 bridgehead atoms. The number of carbonyl (C=O) groups is 4. The zero-order valence-electron chi connectivity index (χ0n) is 28.9. The van der Waals surface area contributed by atoms with Crippen LogP contribution in [0.15, 0.2) is 42.0 Å². The number of aromatic nitrogens is 1. The molecular formula is C35H44F3N7O5. The molecule has 15 heteroatoms. The molecule has 3 N–H and O–H groups in total. The van der Waals surface area contributed by atoms with Gasteiger partial charge in [-0.05, 0) is 81.0 Å². The monoisotopic (exact) mass is 699 g/mol. The summed E-state index contributed by atoms with van der Waals surface area (Å²) in [5.41, 5.74) is 0.339. The Morgan fingerprint density at radius 2 is 1.84 bits per heavy atom. The number of benzene rings is 1. The summed E-state index contributed by atoms with van der Waals surface area (Å²) in [7, 11) is 4.83. The van der Waals surface area contributed by atoms with Gasteiger partial charge in [-0.15, -0.1) is 0 Å². The number of rotatable bonds is 11. The maximum Gasteiger partial charge on any atom is 0.269 e. The van der Waals surface area contributed by atoms with Crippen LogP contribution in [0.4, 0.5) is 18.9 Å². The van der Waals surface area contributed by atoms with Gasteiger partial charge < -0.3 is 35.1 Å². The highest BCUT2D eigenvalue weighted by atomic mass is 19.3. The molecule has 4 amide bonds. The zero-order chi connectivity index (χ0) is 36.7. The predicted molar refractivity (Wildman–Crippen MR) is 179 cm³/mol. The Bertz CT molecular complexity index is 1670. The molecule has 1 aromatic carbocycles. The van der Waals surface area contributed by atoms with Crippen LogP contribution in [0, 0.1) is 23.1 Å². The topological polar surface area (TPSA) is 149 Å². The average molecular weight is 700 g/mol. The van der Waals surface area contributed by atoms with Crippen LogP contribution in [-0.4, -0.2) is 96.5 Å². The van der Waals surface area contributed by atoms with Crippen LogP contribution in [0.1, 0.15) is 67.2 Å². The second-order valence-corrected chi connectivity index (χ2v) is 13.1. The van der Waals surface area contributed by atoms with Crippen molar-refractivity contribution in [2.45, 2.75) is 63.6 Å². The number of anilines is 1. The first kappa shape index (κ1) is 38.1. The van der Waals surface area contributed by atoms with Gasteiger partial charge >= 0.3 is 0 Å². The Balaban J connectivity index is 1.57. The fourth-order valence-electron chi connectivity index (χ4n) is 6.53. The van der Waals surface area contributed by atoms with Gasteiger partial charge in [0.1, 0.15) is 42.0 Å². The number of nitriles is 1. The van der Waals surface area contributed by atoms with E-state index in [1.807, 2.05) is 20.0 Å². The lowest BCUT2D eigenvalue weighted by atomic mass is 9.81. The maximum absolute atomic E-state index is 15.7. The van der Waals surface area contributed by atoms with Crippen molar-refractivity contribution in [2.75, 3.05) is 45.7 Å². The number of allylic oxidation sites excluding steroid dienone is 1. The fraction of sp³-hybridized carbons (Fsp3) is 0.514. The van der Waals surface area contributed by atoms with E-state index in [0.29, 0.717) is 38.0 Å². The van der Waals surface area contributed by atoms with Gasteiger partial charge in [-0.25, -0.2) is 4.39 Å². The van der Waals surface area contributed by atoms with Crippen LogP contribution in [0.5, 0.6) is 0 Å². The van der Waals surface area contributed by atoms with Crippen LogP contribution in [0.2, 0.25) is 0 Å². The third-order valence-corrected chi connectivity index (χ3v) is 9.74. The minimum Gasteiger partial charge on any atom is -0.375 e. The SMILES string of the molecule is COCC(=O)N[C@@H](C(=O)N1CCN(C)[C@H](C)C1)[C@@H](C)c1ccc(NC(=O)C(NC(=O)c2ccc(C#N)n2C)C2CCCC(=C(F)F)C2)c(F)c1. The summed E-state index contributed by atoms with van der Waals surface area (Å²) in [5, 5.41) is 17.2. The van der Waals surface area contributed by atoms with Gasteiger partial charge in [0.05, 0.1) is 5.69 Å². The van der Waals surface area contributed by atoms with E-state index >= 15 is 4.39 Å². The van der Waals surface area contributed by atoms with Gasteiger partial charge in [0.25, 0.3) is 12.0 Å². The van der Waals surface area contributed by atoms with Gasteiger partial charge in [0, 0.05) is 45.8 Å². The van der Waals surface area contributed by atoms with Crippen molar-refractivity contribution in [2.24, 2.45) is 13.0 Å². The van der Waals surface area contributed by atoms with E-state index in [4.69, 9.17) is 4.74 Å². The van der Waals surface area contributed by atoms with Crippen LogP contribution in [0.3, 0.4) is 0 Å². The summed E-state index contributed by atoms with van der Waals surface area (Å²) in [4.78, 5) is 57.1. The molecule has 50 heavy (non-hydrogen) atoms. The van der Waals surface area contributed by atoms with Crippen molar-refractivity contribution in [1.82, 2.24) is 25.0 Å². The van der Waals surface area contributed by atoms with E-state index in [-0.39, 0.29) is 54.0 Å². The Morgan fingerprint density at radius 1 is 1.10 bits per heavy atom. The molecule has 1 aliphatic carbocycles. The zero-order valence-corrected chi connectivity index (χ0v) is 28.9. The highest BCUT2D eigenvalue weighted by Gasteiger charge is 2.36. The van der Waals surface area contributed by atoms with Crippen molar-refractivity contribution in [3.8, 4) is 6.07 Å². The number of halogens is 3. The molecule has 1 saturated carbocycles. The van der Waals surface area contributed by atoms with Crippen LogP contribution in [0.25, 0.3) is 0 Å². The minimum atomic E-state index is -1.82. The summed E-state index contributed by atoms with van der Waals surface area (Å²) in [6, 6.07) is 6.57. The number of nitrogens with zero attached hydrogens (tertiary/aromatic N) is 4. The Kier molecular flexibility index (Phi) is 12.8. The summed E-state index contributed by atoms with van der Waals surface area (Å²) in [6.07, 6.45) is -1.06. The lowest BCUT2D eigenvalue weighted by Gasteiger charge is -2.40. The van der Waals surface area contributed by atoms with E-state index in [1.54, 1.807) is 11.8 Å². The van der Waals surface area contributed by atoms with E-state index < -0.39 is 53.5 Å². The molecule has 2 heterocycles. The van der Waals surface area contributed by atoms with E-state index in [2.05, 4.69) is 20.9 Å². The molecule has 12 nitrogen and oxygen atoms in total. The van der Waals surface area contributed by atoms with Gasteiger partial charge in [-0.2, -0.15) is 14.0 Å². The van der Waals surface area contributed by atoms with Gasteiger partial charge in [-0.3, -0.25) is 19.2 Å². The number of nitrogens with one attached hydrogen (secondary N) is 3. The molecule has 270 valence electrons. The van der Waals surface area contributed by atoms with Crippen molar-refractivity contribution in [3.05, 3.63) is 64.8 Å². The molecule has 1 saturated heterocycles. The Labute approximate surface area is 289 Å². The van der Waals surface area contributed by atoms with Crippen molar-refractivity contribution in [3.63, 3.8) is 0 Å². The largest absolute Gasteiger partial charge is 0.375 e. The predicted octanol–water partition coefficient (Wildman–Crippen LogP) is 3.51. The Hall–Kier alpha value is -4.68. The molecule has 0 radical (unpaired) electrons. The second-order valence-electron chi connectivity index (χ2n) is 13.1. The quantitative estimate of drug-likeness (QED) is 0.325. The van der Waals surface area contributed by atoms with E-state index in [1.165, 1.54) is 43.0 Å². The van der Waals surface area contributed by atoms with Crippen LogP contribution < -0.4 is 16.0 Å². The van der Waals surface area contributed by atoms with E-state index in [0.717, 1.165) is 6.07 Å².